The molecule has 0 bridgehead atoms. The van der Waals surface area contributed by atoms with Crippen LogP contribution in [-0.4, -0.2) is 39.4 Å². The first-order chi connectivity index (χ1) is 15.0. The molecule has 1 atom stereocenters. The van der Waals surface area contributed by atoms with Gasteiger partial charge in [-0.25, -0.2) is 0 Å². The number of carbonyl (C=O) groups excluding carboxylic acids is 1. The van der Waals surface area contributed by atoms with Crippen LogP contribution in [0.1, 0.15) is 26.3 Å². The Hall–Kier alpha value is -3.25. The molecule has 164 valence electrons. The van der Waals surface area contributed by atoms with Crippen LogP contribution < -0.4 is 14.8 Å². The lowest BCUT2D eigenvalue weighted by Gasteiger charge is -2.13. The summed E-state index contributed by atoms with van der Waals surface area (Å²) in [6.07, 6.45) is 3.33. The van der Waals surface area contributed by atoms with Crippen LogP contribution >= 0.6 is 0 Å². The number of ether oxygens (including phenoxy) is 3. The van der Waals surface area contributed by atoms with Gasteiger partial charge in [0.25, 0.3) is 0 Å². The minimum absolute atomic E-state index is 0.0778. The van der Waals surface area contributed by atoms with Crippen LogP contribution in [0.2, 0.25) is 0 Å². The van der Waals surface area contributed by atoms with Crippen molar-refractivity contribution >= 4 is 22.4 Å². The van der Waals surface area contributed by atoms with Crippen LogP contribution in [0.25, 0.3) is 27.7 Å². The molecule has 3 rings (SSSR count). The average Bonchev–Trinajstić information content (AvgIpc) is 3.16. The summed E-state index contributed by atoms with van der Waals surface area (Å²) in [5.74, 6) is 1.30. The van der Waals surface area contributed by atoms with Crippen LogP contribution in [0.5, 0.6) is 11.5 Å². The highest BCUT2D eigenvalue weighted by Crippen LogP contribution is 2.37. The number of hydrogen-bond acceptors (Lipinski definition) is 5. The minimum atomic E-state index is -0.174. The van der Waals surface area contributed by atoms with Gasteiger partial charge in [-0.1, -0.05) is 12.1 Å². The Labute approximate surface area is 182 Å². The maximum Gasteiger partial charge on any atom is 0.244 e. The number of nitrogens with one attached hydrogen (secondary N) is 1. The zero-order valence-electron chi connectivity index (χ0n) is 18.7. The van der Waals surface area contributed by atoms with Gasteiger partial charge in [0.1, 0.15) is 17.1 Å². The lowest BCUT2D eigenvalue weighted by molar-refractivity contribution is -0.117. The molecule has 0 aliphatic carbocycles. The summed E-state index contributed by atoms with van der Waals surface area (Å²) in [6.45, 7) is 6.69. The standard InChI is InChI=1S/C25H29NO5/c1-6-30-23-13-24-21(22(15-31-24)18-7-9-19(29-5)10-8-18)12-20(23)16(2)11-25(27)26-17(3)14-28-4/h7-13,15,17H,6,14H2,1-5H3,(H,26,27)/b16-11+. The number of hydrogen-bond donors (Lipinski definition) is 1. The summed E-state index contributed by atoms with van der Waals surface area (Å²) in [4.78, 5) is 12.4. The molecule has 0 aliphatic rings. The van der Waals surface area contributed by atoms with Crippen LogP contribution in [0.15, 0.2) is 53.2 Å². The molecular weight excluding hydrogens is 394 g/mol. The summed E-state index contributed by atoms with van der Waals surface area (Å²) in [7, 11) is 3.25. The smallest absolute Gasteiger partial charge is 0.244 e. The van der Waals surface area contributed by atoms with Gasteiger partial charge in [-0.2, -0.15) is 0 Å². The van der Waals surface area contributed by atoms with Gasteiger partial charge in [-0.05, 0) is 50.1 Å². The molecule has 0 saturated carbocycles. The van der Waals surface area contributed by atoms with Crippen LogP contribution in [-0.2, 0) is 9.53 Å². The molecular formula is C25H29NO5. The molecule has 1 unspecified atom stereocenters. The van der Waals surface area contributed by atoms with Crippen molar-refractivity contribution in [3.8, 4) is 22.6 Å². The highest BCUT2D eigenvalue weighted by atomic mass is 16.5. The predicted octanol–water partition coefficient (Wildman–Crippen LogP) is 5.06. The van der Waals surface area contributed by atoms with Crippen molar-refractivity contribution in [3.05, 3.63) is 54.3 Å². The topological polar surface area (TPSA) is 69.9 Å². The van der Waals surface area contributed by atoms with Crippen molar-refractivity contribution < 1.29 is 23.4 Å². The van der Waals surface area contributed by atoms with E-state index in [-0.39, 0.29) is 11.9 Å². The zero-order chi connectivity index (χ0) is 22.4. The molecule has 1 heterocycles. The summed E-state index contributed by atoms with van der Waals surface area (Å²) in [5.41, 5.74) is 4.36. The monoisotopic (exact) mass is 423 g/mol. The first-order valence-corrected chi connectivity index (χ1v) is 10.3. The molecule has 31 heavy (non-hydrogen) atoms. The second-order valence-electron chi connectivity index (χ2n) is 7.35. The Morgan fingerprint density at radius 1 is 1.19 bits per heavy atom. The highest BCUT2D eigenvalue weighted by molar-refractivity contribution is 6.00. The number of rotatable bonds is 9. The van der Waals surface area contributed by atoms with Gasteiger partial charge < -0.3 is 23.9 Å². The van der Waals surface area contributed by atoms with Crippen molar-refractivity contribution in [1.82, 2.24) is 5.32 Å². The van der Waals surface area contributed by atoms with E-state index >= 15 is 0 Å². The fourth-order valence-corrected chi connectivity index (χ4v) is 3.48. The molecule has 0 aliphatic heterocycles. The molecule has 1 aromatic heterocycles. The van der Waals surface area contributed by atoms with E-state index in [1.807, 2.05) is 57.2 Å². The molecule has 1 N–H and O–H groups in total. The van der Waals surface area contributed by atoms with E-state index in [1.54, 1.807) is 26.6 Å². The van der Waals surface area contributed by atoms with Gasteiger partial charge in [0.2, 0.25) is 5.91 Å². The normalized spacial score (nSPS) is 12.6. The Bertz CT molecular complexity index is 1070. The van der Waals surface area contributed by atoms with Crippen molar-refractivity contribution in [2.45, 2.75) is 26.8 Å². The number of carbonyl (C=O) groups is 1. The average molecular weight is 424 g/mol. The Balaban J connectivity index is 2.01. The van der Waals surface area contributed by atoms with Crippen LogP contribution in [0.3, 0.4) is 0 Å². The summed E-state index contributed by atoms with van der Waals surface area (Å²) < 4.78 is 22.0. The molecule has 0 spiro atoms. The van der Waals surface area contributed by atoms with Gasteiger partial charge in [0, 0.05) is 41.8 Å². The van der Waals surface area contributed by atoms with Crippen molar-refractivity contribution in [1.29, 1.82) is 0 Å². The van der Waals surface area contributed by atoms with E-state index in [2.05, 4.69) is 5.32 Å². The largest absolute Gasteiger partial charge is 0.497 e. The number of methoxy groups -OCH3 is 2. The van der Waals surface area contributed by atoms with Gasteiger partial charge in [0.15, 0.2) is 0 Å². The third kappa shape index (κ3) is 5.27. The van der Waals surface area contributed by atoms with E-state index < -0.39 is 0 Å². The lowest BCUT2D eigenvalue weighted by atomic mass is 9.99. The van der Waals surface area contributed by atoms with Gasteiger partial charge in [-0.3, -0.25) is 4.79 Å². The van der Waals surface area contributed by atoms with Crippen molar-refractivity contribution in [2.24, 2.45) is 0 Å². The molecule has 3 aromatic rings. The van der Waals surface area contributed by atoms with Crippen LogP contribution in [0, 0.1) is 0 Å². The van der Waals surface area contributed by atoms with E-state index in [4.69, 9.17) is 18.6 Å². The van der Waals surface area contributed by atoms with E-state index in [0.717, 1.165) is 39.0 Å². The predicted molar refractivity (Wildman–Crippen MR) is 123 cm³/mol. The molecule has 0 saturated heterocycles. The number of benzene rings is 2. The van der Waals surface area contributed by atoms with Gasteiger partial charge >= 0.3 is 0 Å². The Morgan fingerprint density at radius 2 is 1.94 bits per heavy atom. The molecule has 6 heteroatoms. The Kier molecular flexibility index (Phi) is 7.36. The third-order valence-electron chi connectivity index (χ3n) is 4.95. The molecule has 6 nitrogen and oxygen atoms in total. The SMILES string of the molecule is CCOc1cc2occ(-c3ccc(OC)cc3)c2cc1/C(C)=C/C(=O)NC(C)COC. The van der Waals surface area contributed by atoms with Gasteiger partial charge in [0.05, 0.1) is 26.6 Å². The van der Waals surface area contributed by atoms with Crippen molar-refractivity contribution in [2.75, 3.05) is 27.4 Å². The number of furan rings is 1. The maximum atomic E-state index is 12.4. The molecule has 1 amide bonds. The molecule has 2 aromatic carbocycles. The maximum absolute atomic E-state index is 12.4. The number of amides is 1. The minimum Gasteiger partial charge on any atom is -0.497 e. The number of allylic oxidation sites excluding steroid dienone is 1. The fraction of sp³-hybridized carbons (Fsp3) is 0.320. The first kappa shape index (κ1) is 22.4. The summed E-state index contributed by atoms with van der Waals surface area (Å²) >= 11 is 0. The third-order valence-corrected chi connectivity index (χ3v) is 4.95. The second-order valence-corrected chi connectivity index (χ2v) is 7.35. The van der Waals surface area contributed by atoms with E-state index in [9.17, 15) is 4.79 Å². The number of fused-ring (bicyclic) bond motifs is 1. The van der Waals surface area contributed by atoms with E-state index in [0.29, 0.717) is 19.0 Å². The quantitative estimate of drug-likeness (QED) is 0.487. The van der Waals surface area contributed by atoms with E-state index in [1.165, 1.54) is 0 Å². The first-order valence-electron chi connectivity index (χ1n) is 10.3. The van der Waals surface area contributed by atoms with Crippen LogP contribution in [0.4, 0.5) is 0 Å². The zero-order valence-corrected chi connectivity index (χ0v) is 18.7. The fourth-order valence-electron chi connectivity index (χ4n) is 3.48. The molecule has 0 fully saturated rings. The van der Waals surface area contributed by atoms with Crippen molar-refractivity contribution in [3.63, 3.8) is 0 Å². The second kappa shape index (κ2) is 10.2. The summed E-state index contributed by atoms with van der Waals surface area (Å²) in [5, 5.41) is 3.85. The Morgan fingerprint density at radius 3 is 2.58 bits per heavy atom. The highest BCUT2D eigenvalue weighted by Gasteiger charge is 2.16. The molecule has 0 radical (unpaired) electrons. The summed E-state index contributed by atoms with van der Waals surface area (Å²) in [6, 6.07) is 11.6. The lowest BCUT2D eigenvalue weighted by Crippen LogP contribution is -2.34. The van der Waals surface area contributed by atoms with Gasteiger partial charge in [-0.15, -0.1) is 0 Å².